The topological polar surface area (TPSA) is 122 Å². The van der Waals surface area contributed by atoms with Crippen molar-refractivity contribution >= 4 is 23.9 Å². The predicted octanol–water partition coefficient (Wildman–Crippen LogP) is 4.00. The number of benzene rings is 2. The molecule has 2 heterocycles. The van der Waals surface area contributed by atoms with Gasteiger partial charge in [-0.1, -0.05) is 11.8 Å². The van der Waals surface area contributed by atoms with E-state index in [1.54, 1.807) is 31.6 Å². The lowest BCUT2D eigenvalue weighted by Gasteiger charge is -2.12. The molecule has 0 atom stereocenters. The quantitative estimate of drug-likeness (QED) is 0.159. The number of nitrogens with one attached hydrogen (secondary N) is 1. The van der Waals surface area contributed by atoms with Crippen molar-refractivity contribution < 1.29 is 23.7 Å². The molecule has 0 spiro atoms. The highest BCUT2D eigenvalue weighted by Gasteiger charge is 2.18. The third-order valence-electron chi connectivity index (χ3n) is 5.43. The Hall–Kier alpha value is -4.58. The van der Waals surface area contributed by atoms with E-state index in [1.807, 2.05) is 47.9 Å². The molecule has 11 nitrogen and oxygen atoms in total. The van der Waals surface area contributed by atoms with Crippen LogP contribution in [0.5, 0.6) is 23.0 Å². The molecule has 1 N–H and O–H groups in total. The number of hydrogen-bond acceptors (Lipinski definition) is 10. The van der Waals surface area contributed by atoms with Gasteiger partial charge in [-0.3, -0.25) is 14.3 Å². The molecule has 2 aromatic heterocycles. The molecule has 1 amide bonds. The van der Waals surface area contributed by atoms with Crippen LogP contribution < -0.4 is 24.4 Å². The summed E-state index contributed by atoms with van der Waals surface area (Å²) in [6, 6.07) is 14.7. The Kier molecular flexibility index (Phi) is 9.35. The molecule has 2 aromatic carbocycles. The lowest BCUT2D eigenvalue weighted by atomic mass is 10.2. The van der Waals surface area contributed by atoms with Crippen molar-refractivity contribution in [3.05, 3.63) is 66.5 Å². The Morgan fingerprint density at radius 3 is 2.38 bits per heavy atom. The first-order chi connectivity index (χ1) is 19.1. The minimum absolute atomic E-state index is 0.0520. The lowest BCUT2D eigenvalue weighted by molar-refractivity contribution is -0.118. The van der Waals surface area contributed by atoms with Crippen molar-refractivity contribution in [1.82, 2.24) is 25.2 Å². The van der Waals surface area contributed by atoms with E-state index in [4.69, 9.17) is 18.9 Å². The highest BCUT2D eigenvalue weighted by atomic mass is 32.2. The van der Waals surface area contributed by atoms with Gasteiger partial charge in [-0.25, -0.2) is 5.43 Å². The van der Waals surface area contributed by atoms with Gasteiger partial charge in [0.15, 0.2) is 11.0 Å². The summed E-state index contributed by atoms with van der Waals surface area (Å²) in [5, 5.41) is 13.3. The molecular weight excluding hydrogens is 520 g/mol. The summed E-state index contributed by atoms with van der Waals surface area (Å²) in [5.41, 5.74) is 4.71. The molecule has 0 aliphatic heterocycles. The van der Waals surface area contributed by atoms with Gasteiger partial charge in [-0.15, -0.1) is 10.2 Å². The van der Waals surface area contributed by atoms with Crippen LogP contribution in [0, 0.1) is 0 Å². The highest BCUT2D eigenvalue weighted by Crippen LogP contribution is 2.33. The van der Waals surface area contributed by atoms with Crippen LogP contribution in [0.3, 0.4) is 0 Å². The van der Waals surface area contributed by atoms with Crippen molar-refractivity contribution in [2.24, 2.45) is 5.10 Å². The largest absolute Gasteiger partial charge is 0.496 e. The summed E-state index contributed by atoms with van der Waals surface area (Å²) in [7, 11) is 4.61. The fourth-order valence-corrected chi connectivity index (χ4v) is 4.37. The van der Waals surface area contributed by atoms with Gasteiger partial charge in [-0.05, 0) is 43.3 Å². The summed E-state index contributed by atoms with van der Waals surface area (Å²) < 4.78 is 23.5. The number of nitrogens with zero attached hydrogens (tertiary/aromatic N) is 5. The monoisotopic (exact) mass is 548 g/mol. The smallest absolute Gasteiger partial charge is 0.250 e. The number of thioether (sulfide) groups is 1. The Morgan fingerprint density at radius 1 is 1.03 bits per heavy atom. The number of pyridine rings is 1. The molecule has 0 saturated carbocycles. The van der Waals surface area contributed by atoms with Crippen LogP contribution in [0.15, 0.2) is 71.2 Å². The Morgan fingerprint density at radius 2 is 1.77 bits per heavy atom. The summed E-state index contributed by atoms with van der Waals surface area (Å²) in [6.07, 6.45) is 4.87. The van der Waals surface area contributed by atoms with E-state index in [1.165, 1.54) is 32.2 Å². The normalized spacial score (nSPS) is 10.9. The number of carbonyl (C=O) groups is 1. The van der Waals surface area contributed by atoms with Crippen LogP contribution in [0.4, 0.5) is 0 Å². The molecule has 0 radical (unpaired) electrons. The molecule has 12 heteroatoms. The average molecular weight is 549 g/mol. The van der Waals surface area contributed by atoms with Crippen LogP contribution in [0.1, 0.15) is 12.5 Å². The van der Waals surface area contributed by atoms with Crippen LogP contribution in [-0.4, -0.2) is 65.6 Å². The Bertz CT molecular complexity index is 1400. The number of rotatable bonds is 12. The van der Waals surface area contributed by atoms with E-state index in [0.29, 0.717) is 40.4 Å². The van der Waals surface area contributed by atoms with E-state index in [-0.39, 0.29) is 11.7 Å². The van der Waals surface area contributed by atoms with Gasteiger partial charge in [0.1, 0.15) is 23.0 Å². The summed E-state index contributed by atoms with van der Waals surface area (Å²) in [5.74, 6) is 2.64. The SMILES string of the molecule is CCOc1ccc(-n2c(SCC(=O)NN=Cc3c(OC)cc(OC)cc3OC)nnc2-c2cccnc2)cc1. The molecular formula is C27H28N6O5S. The van der Waals surface area contributed by atoms with Crippen molar-refractivity contribution in [2.75, 3.05) is 33.7 Å². The van der Waals surface area contributed by atoms with E-state index >= 15 is 0 Å². The highest BCUT2D eigenvalue weighted by molar-refractivity contribution is 7.99. The number of hydrazone groups is 1. The standard InChI is InChI=1S/C27H28N6O5S/c1-5-38-20-10-8-19(9-11-20)33-26(18-7-6-12-28-15-18)31-32-27(33)39-17-25(34)30-29-16-22-23(36-3)13-21(35-2)14-24(22)37-4/h6-16H,5,17H2,1-4H3,(H,30,34). The molecule has 39 heavy (non-hydrogen) atoms. The Balaban J connectivity index is 1.51. The van der Waals surface area contributed by atoms with Gasteiger partial charge < -0.3 is 18.9 Å². The molecule has 4 aromatic rings. The number of aromatic nitrogens is 4. The molecule has 0 aliphatic carbocycles. The second-order valence-corrected chi connectivity index (χ2v) is 8.78. The fourth-order valence-electron chi connectivity index (χ4n) is 3.63. The van der Waals surface area contributed by atoms with Gasteiger partial charge >= 0.3 is 0 Å². The van der Waals surface area contributed by atoms with Crippen LogP contribution in [-0.2, 0) is 4.79 Å². The van der Waals surface area contributed by atoms with Gasteiger partial charge in [0.25, 0.3) is 5.91 Å². The second-order valence-electron chi connectivity index (χ2n) is 7.84. The summed E-state index contributed by atoms with van der Waals surface area (Å²) in [4.78, 5) is 16.8. The lowest BCUT2D eigenvalue weighted by Crippen LogP contribution is -2.20. The van der Waals surface area contributed by atoms with E-state index in [0.717, 1.165) is 17.0 Å². The molecule has 0 fully saturated rings. The zero-order valence-electron chi connectivity index (χ0n) is 22.0. The number of hydrogen-bond donors (Lipinski definition) is 1. The maximum atomic E-state index is 12.6. The van der Waals surface area contributed by atoms with Crippen molar-refractivity contribution in [1.29, 1.82) is 0 Å². The maximum absolute atomic E-state index is 12.6. The maximum Gasteiger partial charge on any atom is 0.250 e. The van der Waals surface area contributed by atoms with Crippen LogP contribution in [0.2, 0.25) is 0 Å². The number of methoxy groups -OCH3 is 3. The third kappa shape index (κ3) is 6.65. The average Bonchev–Trinajstić information content (AvgIpc) is 3.41. The van der Waals surface area contributed by atoms with E-state index in [9.17, 15) is 4.79 Å². The molecule has 0 saturated heterocycles. The third-order valence-corrected chi connectivity index (χ3v) is 6.36. The van der Waals surface area contributed by atoms with Crippen molar-refractivity contribution in [2.45, 2.75) is 12.1 Å². The summed E-state index contributed by atoms with van der Waals surface area (Å²) in [6.45, 7) is 2.51. The first-order valence-electron chi connectivity index (χ1n) is 11.9. The number of ether oxygens (including phenoxy) is 4. The fraction of sp³-hybridized carbons (Fsp3) is 0.222. The van der Waals surface area contributed by atoms with Crippen LogP contribution >= 0.6 is 11.8 Å². The minimum atomic E-state index is -0.327. The molecule has 202 valence electrons. The molecule has 0 bridgehead atoms. The first kappa shape index (κ1) is 27.5. The molecule has 4 rings (SSSR count). The van der Waals surface area contributed by atoms with E-state index < -0.39 is 0 Å². The minimum Gasteiger partial charge on any atom is -0.496 e. The molecule has 0 unspecified atom stereocenters. The number of carbonyl (C=O) groups excluding carboxylic acids is 1. The van der Waals surface area contributed by atoms with Gasteiger partial charge in [0.2, 0.25) is 0 Å². The first-order valence-corrected chi connectivity index (χ1v) is 12.9. The Labute approximate surface area is 230 Å². The van der Waals surface area contributed by atoms with Crippen molar-refractivity contribution in [3.8, 4) is 40.1 Å². The van der Waals surface area contributed by atoms with E-state index in [2.05, 4.69) is 25.7 Å². The predicted molar refractivity (Wildman–Crippen MR) is 148 cm³/mol. The van der Waals surface area contributed by atoms with Gasteiger partial charge in [-0.2, -0.15) is 5.10 Å². The van der Waals surface area contributed by atoms with Crippen molar-refractivity contribution in [3.63, 3.8) is 0 Å². The van der Waals surface area contributed by atoms with Crippen LogP contribution in [0.25, 0.3) is 17.1 Å². The zero-order valence-corrected chi connectivity index (χ0v) is 22.8. The summed E-state index contributed by atoms with van der Waals surface area (Å²) >= 11 is 1.23. The van der Waals surface area contributed by atoms with Gasteiger partial charge in [0, 0.05) is 35.8 Å². The number of amides is 1. The molecule has 0 aliphatic rings. The van der Waals surface area contributed by atoms with Gasteiger partial charge in [0.05, 0.1) is 45.5 Å². The zero-order chi connectivity index (χ0) is 27.6. The second kappa shape index (κ2) is 13.3.